The number of amides is 1. The maximum Gasteiger partial charge on any atom is 0.464 e. The number of esters is 1. The van der Waals surface area contributed by atoms with Gasteiger partial charge in [0.25, 0.3) is 5.82 Å². The molecule has 0 spiro atoms. The Kier molecular flexibility index (Phi) is 4.53. The Bertz CT molecular complexity index is 493. The summed E-state index contributed by atoms with van der Waals surface area (Å²) in [5, 5.41) is 3.49. The molecule has 0 saturated heterocycles. The number of carbonyl (C=O) groups excluding carboxylic acids is 2. The summed E-state index contributed by atoms with van der Waals surface area (Å²) in [6, 6.07) is 4.26. The average molecular weight is 292 g/mol. The van der Waals surface area contributed by atoms with Crippen LogP contribution in [0.2, 0.25) is 0 Å². The summed E-state index contributed by atoms with van der Waals surface area (Å²) in [4.78, 5) is 25.1. The lowest BCUT2D eigenvalue weighted by atomic mass is 10.1. The van der Waals surface area contributed by atoms with E-state index in [0.717, 1.165) is 14.0 Å². The second-order valence-corrected chi connectivity index (χ2v) is 3.82. The lowest BCUT2D eigenvalue weighted by Gasteiger charge is -2.29. The van der Waals surface area contributed by atoms with Crippen molar-refractivity contribution in [1.82, 2.24) is 5.32 Å². The summed E-state index contributed by atoms with van der Waals surface area (Å²) in [6.45, 7) is 0.861. The van der Waals surface area contributed by atoms with Gasteiger partial charge in [-0.1, -0.05) is 6.07 Å². The van der Waals surface area contributed by atoms with E-state index in [2.05, 4.69) is 9.72 Å². The summed E-state index contributed by atoms with van der Waals surface area (Å²) >= 11 is 0. The van der Waals surface area contributed by atoms with Gasteiger partial charge in [0.05, 0.1) is 13.3 Å². The van der Waals surface area contributed by atoms with Gasteiger partial charge < -0.3 is 4.74 Å². The van der Waals surface area contributed by atoms with Crippen molar-refractivity contribution >= 4 is 17.7 Å². The van der Waals surface area contributed by atoms with E-state index in [-0.39, 0.29) is 5.82 Å². The van der Waals surface area contributed by atoms with Gasteiger partial charge in [0, 0.05) is 13.0 Å². The van der Waals surface area contributed by atoms with Crippen LogP contribution in [0.1, 0.15) is 6.92 Å². The first-order chi connectivity index (χ1) is 9.23. The average Bonchev–Trinajstić information content (AvgIpc) is 2.36. The first kappa shape index (κ1) is 15.7. The quantitative estimate of drug-likeness (QED) is 0.625. The van der Waals surface area contributed by atoms with Crippen molar-refractivity contribution in [3.8, 4) is 0 Å². The number of carbonyl (C=O) groups is 2. The molecule has 0 radical (unpaired) electrons. The van der Waals surface area contributed by atoms with Gasteiger partial charge in [0.15, 0.2) is 0 Å². The number of hydrogen-bond acceptors (Lipinski definition) is 4. The molecule has 0 aliphatic carbocycles. The monoisotopic (exact) mass is 292 g/mol. The third kappa shape index (κ3) is 3.16. The molecule has 0 fully saturated rings. The molecule has 6 nitrogen and oxygen atoms in total. The first-order valence-corrected chi connectivity index (χ1v) is 5.41. The molecule has 0 aromatic carbocycles. The molecule has 0 aliphatic rings. The van der Waals surface area contributed by atoms with Crippen LogP contribution in [0.25, 0.3) is 0 Å². The number of alkyl halides is 3. The molecular weight excluding hydrogens is 279 g/mol. The number of pyridine rings is 1. The number of H-pyrrole nitrogens is 1. The van der Waals surface area contributed by atoms with Crippen molar-refractivity contribution in [3.05, 3.63) is 24.4 Å². The number of rotatable bonds is 4. The van der Waals surface area contributed by atoms with Crippen LogP contribution in [0.4, 0.5) is 19.0 Å². The molecule has 1 aromatic rings. The third-order valence-electron chi connectivity index (χ3n) is 2.31. The lowest BCUT2D eigenvalue weighted by molar-refractivity contribution is -0.363. The van der Waals surface area contributed by atoms with Gasteiger partial charge in [0.2, 0.25) is 5.91 Å². The summed E-state index contributed by atoms with van der Waals surface area (Å²) in [6.07, 6.45) is -3.76. The van der Waals surface area contributed by atoms with Crippen molar-refractivity contribution < 1.29 is 32.5 Å². The number of aromatic nitrogens is 1. The van der Waals surface area contributed by atoms with Crippen molar-refractivity contribution in [2.75, 3.05) is 12.4 Å². The molecule has 1 amide bonds. The van der Waals surface area contributed by atoms with E-state index >= 15 is 0 Å². The van der Waals surface area contributed by atoms with E-state index in [1.54, 1.807) is 5.32 Å². The van der Waals surface area contributed by atoms with E-state index in [1.165, 1.54) is 24.4 Å². The Labute approximate surface area is 112 Å². The van der Waals surface area contributed by atoms with Gasteiger partial charge in [-0.2, -0.15) is 13.2 Å². The van der Waals surface area contributed by atoms with Gasteiger partial charge in [0.1, 0.15) is 0 Å². The van der Waals surface area contributed by atoms with E-state index < -0.39 is 23.7 Å². The number of ether oxygens (including phenoxy) is 1. The van der Waals surface area contributed by atoms with Gasteiger partial charge >= 0.3 is 17.8 Å². The zero-order valence-electron chi connectivity index (χ0n) is 10.7. The Morgan fingerprint density at radius 1 is 1.30 bits per heavy atom. The fourth-order valence-electron chi connectivity index (χ4n) is 1.48. The summed E-state index contributed by atoms with van der Waals surface area (Å²) in [5.41, 5.74) is -3.37. The Morgan fingerprint density at radius 3 is 2.35 bits per heavy atom. The first-order valence-electron chi connectivity index (χ1n) is 5.41. The maximum absolute atomic E-state index is 13.3. The van der Waals surface area contributed by atoms with E-state index in [0.29, 0.717) is 0 Å². The zero-order chi connectivity index (χ0) is 15.4. The molecule has 9 heteroatoms. The number of methoxy groups -OCH3 is 1. The summed E-state index contributed by atoms with van der Waals surface area (Å²) in [7, 11) is 0.793. The summed E-state index contributed by atoms with van der Waals surface area (Å²) < 4.78 is 44.0. The topological polar surface area (TPSA) is 81.6 Å². The highest BCUT2D eigenvalue weighted by Crippen LogP contribution is 2.32. The third-order valence-corrected chi connectivity index (χ3v) is 2.31. The second-order valence-electron chi connectivity index (χ2n) is 3.82. The molecule has 20 heavy (non-hydrogen) atoms. The van der Waals surface area contributed by atoms with Crippen molar-refractivity contribution in [2.45, 2.75) is 18.8 Å². The molecule has 0 bridgehead atoms. The molecule has 110 valence electrons. The largest absolute Gasteiger partial charge is 0.464 e. The van der Waals surface area contributed by atoms with Crippen LogP contribution in [0, 0.1) is 0 Å². The highest BCUT2D eigenvalue weighted by atomic mass is 19.4. The minimum Gasteiger partial charge on any atom is -0.464 e. The minimum atomic E-state index is -5.12. The van der Waals surface area contributed by atoms with Gasteiger partial charge in [-0.25, -0.2) is 15.1 Å². The van der Waals surface area contributed by atoms with Crippen LogP contribution in [-0.2, 0) is 14.3 Å². The van der Waals surface area contributed by atoms with Gasteiger partial charge in [-0.05, 0) is 6.07 Å². The fraction of sp³-hybridized carbons (Fsp3) is 0.364. The SMILES string of the molecule is COC(=O)[C@](NC(C)=O)(Nc1cccc[nH+]1)C(F)(F)F. The van der Waals surface area contributed by atoms with Crippen molar-refractivity contribution in [3.63, 3.8) is 0 Å². The molecule has 3 N–H and O–H groups in total. The standard InChI is InChI=1S/C11H12F3N3O3/c1-7(18)16-10(9(19)20-2,11(12,13)14)17-8-5-3-4-6-15-8/h3-6H,1-2H3,(H,15,17)(H,16,18)/p+1/t10-/m0/s1. The van der Waals surface area contributed by atoms with Crippen LogP contribution in [0.15, 0.2) is 24.4 Å². The predicted molar refractivity (Wildman–Crippen MR) is 61.2 cm³/mol. The Morgan fingerprint density at radius 2 is 1.95 bits per heavy atom. The molecule has 0 aliphatic heterocycles. The lowest BCUT2D eigenvalue weighted by Crippen LogP contribution is -2.69. The van der Waals surface area contributed by atoms with Crippen LogP contribution >= 0.6 is 0 Å². The van der Waals surface area contributed by atoms with Gasteiger partial charge in [-0.15, -0.1) is 0 Å². The number of aromatic amines is 1. The maximum atomic E-state index is 13.3. The van der Waals surface area contributed by atoms with E-state index in [4.69, 9.17) is 0 Å². The zero-order valence-corrected chi connectivity index (χ0v) is 10.7. The highest BCUT2D eigenvalue weighted by Gasteiger charge is 2.67. The summed E-state index contributed by atoms with van der Waals surface area (Å²) in [5.74, 6) is -2.85. The molecule has 1 atom stereocenters. The number of halogens is 3. The molecule has 1 aromatic heterocycles. The smallest absolute Gasteiger partial charge is 0.464 e. The molecule has 1 heterocycles. The predicted octanol–water partition coefficient (Wildman–Crippen LogP) is 0.480. The molecule has 0 saturated carbocycles. The van der Waals surface area contributed by atoms with Crippen LogP contribution in [0.5, 0.6) is 0 Å². The normalized spacial score (nSPS) is 14.1. The van der Waals surface area contributed by atoms with Crippen LogP contribution < -0.4 is 15.6 Å². The van der Waals surface area contributed by atoms with E-state index in [9.17, 15) is 22.8 Å². The number of hydrogen-bond donors (Lipinski definition) is 2. The van der Waals surface area contributed by atoms with Crippen LogP contribution in [0.3, 0.4) is 0 Å². The number of nitrogens with one attached hydrogen (secondary N) is 3. The van der Waals surface area contributed by atoms with Crippen molar-refractivity contribution in [1.29, 1.82) is 0 Å². The van der Waals surface area contributed by atoms with Crippen LogP contribution in [-0.4, -0.2) is 30.8 Å². The highest BCUT2D eigenvalue weighted by molar-refractivity contribution is 5.90. The second kappa shape index (κ2) is 5.76. The molecular formula is C11H13F3N3O3+. The number of anilines is 1. The minimum absolute atomic E-state index is 0.121. The van der Waals surface area contributed by atoms with Crippen molar-refractivity contribution in [2.24, 2.45) is 0 Å². The Hall–Kier alpha value is -2.32. The van der Waals surface area contributed by atoms with Gasteiger partial charge in [-0.3, -0.25) is 10.1 Å². The Balaban J connectivity index is 3.29. The molecule has 1 rings (SSSR count). The van der Waals surface area contributed by atoms with E-state index in [1.807, 2.05) is 5.32 Å². The molecule has 0 unspecified atom stereocenters. The fourth-order valence-corrected chi connectivity index (χ4v) is 1.48.